The molecular formula is C28H20ClFN2O3. The molecule has 4 atom stereocenters. The molecule has 6 rings (SSSR count). The summed E-state index contributed by atoms with van der Waals surface area (Å²) in [6.07, 6.45) is 3.58. The van der Waals surface area contributed by atoms with Crippen molar-refractivity contribution < 1.29 is 18.8 Å². The maximum Gasteiger partial charge on any atom is 0.238 e. The summed E-state index contributed by atoms with van der Waals surface area (Å²) in [5.41, 5.74) is 1.51. The second-order valence-electron chi connectivity index (χ2n) is 9.19. The van der Waals surface area contributed by atoms with Gasteiger partial charge in [-0.25, -0.2) is 4.39 Å². The first-order chi connectivity index (χ1) is 16.8. The molecule has 1 spiro atoms. The second kappa shape index (κ2) is 7.62. The second-order valence-corrected chi connectivity index (χ2v) is 9.62. The predicted molar refractivity (Wildman–Crippen MR) is 132 cm³/mol. The van der Waals surface area contributed by atoms with Crippen molar-refractivity contribution in [2.45, 2.75) is 24.4 Å². The van der Waals surface area contributed by atoms with Crippen LogP contribution in [0.1, 0.15) is 28.4 Å². The van der Waals surface area contributed by atoms with Crippen molar-refractivity contribution in [3.8, 4) is 0 Å². The number of benzene rings is 3. The Morgan fingerprint density at radius 2 is 1.80 bits per heavy atom. The van der Waals surface area contributed by atoms with Gasteiger partial charge in [0, 0.05) is 27.5 Å². The molecule has 0 saturated carbocycles. The molecule has 3 aliphatic rings. The van der Waals surface area contributed by atoms with E-state index in [4.69, 9.17) is 11.6 Å². The lowest BCUT2D eigenvalue weighted by Gasteiger charge is -2.37. The first kappa shape index (κ1) is 21.7. The van der Waals surface area contributed by atoms with Crippen LogP contribution in [0.2, 0.25) is 5.02 Å². The lowest BCUT2D eigenvalue weighted by atomic mass is 9.64. The third kappa shape index (κ3) is 2.89. The van der Waals surface area contributed by atoms with Crippen LogP contribution in [-0.4, -0.2) is 29.6 Å². The number of amides is 1. The largest absolute Gasteiger partial charge is 0.352 e. The third-order valence-corrected chi connectivity index (χ3v) is 7.67. The van der Waals surface area contributed by atoms with Crippen LogP contribution in [0.25, 0.3) is 6.08 Å². The van der Waals surface area contributed by atoms with Crippen molar-refractivity contribution in [3.63, 3.8) is 0 Å². The van der Waals surface area contributed by atoms with E-state index in [-0.39, 0.29) is 17.5 Å². The summed E-state index contributed by atoms with van der Waals surface area (Å²) in [5, 5.41) is 3.43. The fourth-order valence-electron chi connectivity index (χ4n) is 6.10. The average molecular weight is 487 g/mol. The van der Waals surface area contributed by atoms with Crippen LogP contribution in [0.3, 0.4) is 0 Å². The first-order valence-corrected chi connectivity index (χ1v) is 11.7. The Hall–Kier alpha value is -3.77. The quantitative estimate of drug-likeness (QED) is 0.527. The average Bonchev–Trinajstić information content (AvgIpc) is 3.32. The SMILES string of the molecule is CC(=O)[C@@H]1[C@H](C(=O)c2ccc(Cl)cc2)[C@]2(C(=O)Nc3ccccc32)[C@@H]2C=Cc3cc(F)ccc3N12. The van der Waals surface area contributed by atoms with Gasteiger partial charge in [-0.15, -0.1) is 0 Å². The van der Waals surface area contributed by atoms with Crippen molar-refractivity contribution >= 4 is 46.5 Å². The lowest BCUT2D eigenvalue weighted by molar-refractivity contribution is -0.122. The minimum absolute atomic E-state index is 0.248. The number of carbonyl (C=O) groups excluding carboxylic acids is 3. The summed E-state index contributed by atoms with van der Waals surface area (Å²) in [5.74, 6) is -2.32. The monoisotopic (exact) mass is 486 g/mol. The zero-order chi connectivity index (χ0) is 24.5. The zero-order valence-corrected chi connectivity index (χ0v) is 19.4. The number of ketones is 2. The molecule has 1 amide bonds. The van der Waals surface area contributed by atoms with Crippen LogP contribution in [0.4, 0.5) is 15.8 Å². The molecule has 0 unspecified atom stereocenters. The molecule has 3 aromatic carbocycles. The van der Waals surface area contributed by atoms with E-state index in [0.29, 0.717) is 33.1 Å². The summed E-state index contributed by atoms with van der Waals surface area (Å²) in [6, 6.07) is 16.5. The summed E-state index contributed by atoms with van der Waals surface area (Å²) >= 11 is 6.06. The molecule has 1 saturated heterocycles. The smallest absolute Gasteiger partial charge is 0.238 e. The van der Waals surface area contributed by atoms with E-state index < -0.39 is 29.2 Å². The number of carbonyl (C=O) groups is 3. The van der Waals surface area contributed by atoms with Gasteiger partial charge < -0.3 is 10.2 Å². The van der Waals surface area contributed by atoms with Crippen LogP contribution < -0.4 is 10.2 Å². The van der Waals surface area contributed by atoms with Crippen molar-refractivity contribution in [3.05, 3.63) is 100 Å². The number of Topliss-reactive ketones (excluding diaryl/α,β-unsaturated/α-hetero) is 2. The highest BCUT2D eigenvalue weighted by molar-refractivity contribution is 6.30. The number of halogens is 2. The topological polar surface area (TPSA) is 66.5 Å². The van der Waals surface area contributed by atoms with Gasteiger partial charge in [0.2, 0.25) is 5.91 Å². The Bertz CT molecular complexity index is 1450. The molecule has 0 radical (unpaired) electrons. The van der Waals surface area contributed by atoms with Crippen molar-refractivity contribution in [2.24, 2.45) is 5.92 Å². The molecular weight excluding hydrogens is 467 g/mol. The molecule has 3 aliphatic heterocycles. The van der Waals surface area contributed by atoms with Crippen LogP contribution in [0, 0.1) is 11.7 Å². The summed E-state index contributed by atoms with van der Waals surface area (Å²) in [7, 11) is 0. The Labute approximate surface area is 206 Å². The number of nitrogens with one attached hydrogen (secondary N) is 1. The van der Waals surface area contributed by atoms with E-state index in [2.05, 4.69) is 5.32 Å². The maximum atomic E-state index is 14.2. The van der Waals surface area contributed by atoms with Gasteiger partial charge in [-0.1, -0.05) is 42.0 Å². The van der Waals surface area contributed by atoms with Crippen molar-refractivity contribution in [1.29, 1.82) is 0 Å². The first-order valence-electron chi connectivity index (χ1n) is 11.3. The number of anilines is 2. The van der Waals surface area contributed by atoms with Gasteiger partial charge >= 0.3 is 0 Å². The Morgan fingerprint density at radius 1 is 1.06 bits per heavy atom. The molecule has 1 fully saturated rings. The third-order valence-electron chi connectivity index (χ3n) is 7.42. The van der Waals surface area contributed by atoms with E-state index in [9.17, 15) is 18.8 Å². The van der Waals surface area contributed by atoms with Crippen LogP contribution >= 0.6 is 11.6 Å². The number of hydrogen-bond acceptors (Lipinski definition) is 4. The van der Waals surface area contributed by atoms with E-state index >= 15 is 0 Å². The molecule has 3 heterocycles. The highest BCUT2D eigenvalue weighted by Crippen LogP contribution is 2.57. The van der Waals surface area contributed by atoms with Crippen molar-refractivity contribution in [1.82, 2.24) is 0 Å². The minimum atomic E-state index is -1.35. The number of para-hydroxylation sites is 1. The minimum Gasteiger partial charge on any atom is -0.352 e. The van der Waals surface area contributed by atoms with Crippen LogP contribution in [0.5, 0.6) is 0 Å². The van der Waals surface area contributed by atoms with Gasteiger partial charge in [-0.3, -0.25) is 14.4 Å². The van der Waals surface area contributed by atoms with Gasteiger partial charge in [0.25, 0.3) is 0 Å². The standard InChI is InChI=1S/C28H20ClFN2O3/c1-15(33)25-24(26(34)16-6-9-18(29)10-7-16)28(20-4-2-3-5-21(20)31-27(28)35)23-13-8-17-14-19(30)11-12-22(17)32(23)25/h2-14,23-25H,1H3,(H,31,35)/t23-,24+,25+,28+/m0/s1. The molecule has 7 heteroatoms. The van der Waals surface area contributed by atoms with E-state index in [1.54, 1.807) is 42.5 Å². The summed E-state index contributed by atoms with van der Waals surface area (Å²) in [4.78, 5) is 43.3. The molecule has 0 bridgehead atoms. The van der Waals surface area contributed by atoms with Gasteiger partial charge in [0.15, 0.2) is 11.6 Å². The normalized spacial score (nSPS) is 25.7. The van der Waals surface area contributed by atoms with E-state index in [1.165, 1.54) is 19.1 Å². The predicted octanol–water partition coefficient (Wildman–Crippen LogP) is 5.04. The van der Waals surface area contributed by atoms with Crippen molar-refractivity contribution in [2.75, 3.05) is 10.2 Å². The van der Waals surface area contributed by atoms with E-state index in [0.717, 1.165) is 0 Å². The lowest BCUT2D eigenvalue weighted by Crippen LogP contribution is -2.51. The van der Waals surface area contributed by atoms with Gasteiger partial charge in [0.1, 0.15) is 11.2 Å². The number of rotatable bonds is 3. The molecule has 0 aliphatic carbocycles. The number of hydrogen-bond donors (Lipinski definition) is 1. The fraction of sp³-hybridized carbons (Fsp3) is 0.179. The number of fused-ring (bicyclic) bond motifs is 6. The van der Waals surface area contributed by atoms with Crippen LogP contribution in [0.15, 0.2) is 72.8 Å². The highest BCUT2D eigenvalue weighted by Gasteiger charge is 2.69. The van der Waals surface area contributed by atoms with Gasteiger partial charge in [-0.2, -0.15) is 0 Å². The van der Waals surface area contributed by atoms with Gasteiger partial charge in [-0.05, 0) is 61.0 Å². The zero-order valence-electron chi connectivity index (χ0n) is 18.7. The molecule has 3 aromatic rings. The Kier molecular flexibility index (Phi) is 4.73. The maximum absolute atomic E-state index is 14.2. The molecule has 1 N–H and O–H groups in total. The number of nitrogens with zero attached hydrogens (tertiary/aromatic N) is 1. The van der Waals surface area contributed by atoms with Crippen LogP contribution in [-0.2, 0) is 15.0 Å². The summed E-state index contributed by atoms with van der Waals surface area (Å²) in [6.45, 7) is 1.43. The summed E-state index contributed by atoms with van der Waals surface area (Å²) < 4.78 is 14.1. The Morgan fingerprint density at radius 3 is 2.54 bits per heavy atom. The Balaban J connectivity index is 1.65. The molecule has 0 aromatic heterocycles. The molecule has 174 valence electrons. The molecule has 5 nitrogen and oxygen atoms in total. The van der Waals surface area contributed by atoms with Gasteiger partial charge in [0.05, 0.1) is 18.0 Å². The van der Waals surface area contributed by atoms with E-state index in [1.807, 2.05) is 29.2 Å². The highest BCUT2D eigenvalue weighted by atomic mass is 35.5. The molecule has 35 heavy (non-hydrogen) atoms. The fourth-order valence-corrected chi connectivity index (χ4v) is 6.22.